The smallest absolute Gasteiger partial charge is 0.328 e. The van der Waals surface area contributed by atoms with Gasteiger partial charge in [0, 0.05) is 34.2 Å². The lowest BCUT2D eigenvalue weighted by Crippen LogP contribution is -2.62. The maximum atomic E-state index is 14.2. The molecule has 4 N–H and O–H groups in total. The molecular weight excluding hydrogens is 678 g/mol. The molecule has 1 aliphatic heterocycles. The minimum atomic E-state index is -1.17. The summed E-state index contributed by atoms with van der Waals surface area (Å²) < 4.78 is 16.9. The lowest BCUT2D eigenvalue weighted by Gasteiger charge is -2.41. The molecule has 0 aliphatic carbocycles. The van der Waals surface area contributed by atoms with Gasteiger partial charge < -0.3 is 40.4 Å². The van der Waals surface area contributed by atoms with Crippen LogP contribution in [-0.4, -0.2) is 116 Å². The number of nitrogens with two attached hydrogens (primary N) is 1. The monoisotopic (exact) mass is 745 g/mol. The fourth-order valence-corrected chi connectivity index (χ4v) is 7.09. The van der Waals surface area contributed by atoms with Crippen LogP contribution in [0.2, 0.25) is 0 Å². The predicted molar refractivity (Wildman–Crippen MR) is 204 cm³/mol. The summed E-state index contributed by atoms with van der Waals surface area (Å²) in [5, 5.41) is 5.76. The van der Waals surface area contributed by atoms with Gasteiger partial charge in [0.2, 0.25) is 23.6 Å². The molecule has 9 unspecified atom stereocenters. The van der Waals surface area contributed by atoms with Gasteiger partial charge in [-0.15, -0.1) is 0 Å². The SMILES string of the molecule is CCC(C)C(C(CC(=O)N1CCCC1C(OC)C(C)C(=O)NC(Cc1ccccc1)C(=O)OC)OC)N(C)C(=O)C(NC(=O)C(C)(N)C(C)C)C(C)C. The number of rotatable bonds is 20. The van der Waals surface area contributed by atoms with E-state index in [1.165, 1.54) is 21.3 Å². The van der Waals surface area contributed by atoms with Crippen LogP contribution in [-0.2, 0) is 44.6 Å². The number of likely N-dealkylation sites (tertiary alicyclic amines) is 1. The molecule has 13 heteroatoms. The van der Waals surface area contributed by atoms with Crippen LogP contribution >= 0.6 is 0 Å². The third-order valence-corrected chi connectivity index (χ3v) is 11.3. The highest BCUT2D eigenvalue weighted by atomic mass is 16.5. The molecule has 9 atom stereocenters. The number of benzene rings is 1. The molecule has 2 rings (SSSR count). The van der Waals surface area contributed by atoms with Crippen molar-refractivity contribution in [2.24, 2.45) is 29.4 Å². The first-order valence-corrected chi connectivity index (χ1v) is 19.0. The van der Waals surface area contributed by atoms with E-state index in [4.69, 9.17) is 19.9 Å². The van der Waals surface area contributed by atoms with Gasteiger partial charge in [-0.1, -0.05) is 85.2 Å². The molecule has 0 spiro atoms. The second-order valence-corrected chi connectivity index (χ2v) is 15.5. The van der Waals surface area contributed by atoms with Crippen LogP contribution in [0.15, 0.2) is 30.3 Å². The fraction of sp³-hybridized carbons (Fsp3) is 0.725. The van der Waals surface area contributed by atoms with Crippen molar-refractivity contribution in [3.05, 3.63) is 35.9 Å². The van der Waals surface area contributed by atoms with Crippen LogP contribution in [0.3, 0.4) is 0 Å². The number of nitrogens with one attached hydrogen (secondary N) is 2. The Hall–Kier alpha value is -3.55. The second kappa shape index (κ2) is 20.8. The summed E-state index contributed by atoms with van der Waals surface area (Å²) in [6, 6.07) is 6.75. The number of nitrogens with zero attached hydrogens (tertiary/aromatic N) is 2. The van der Waals surface area contributed by atoms with Crippen molar-refractivity contribution in [1.82, 2.24) is 20.4 Å². The molecule has 0 radical (unpaired) electrons. The van der Waals surface area contributed by atoms with E-state index in [-0.39, 0.29) is 48.3 Å². The Morgan fingerprint density at radius 3 is 2.11 bits per heavy atom. The summed E-state index contributed by atoms with van der Waals surface area (Å²) in [5.74, 6) is -2.94. The van der Waals surface area contributed by atoms with Gasteiger partial charge in [-0.05, 0) is 43.1 Å². The van der Waals surface area contributed by atoms with Crippen molar-refractivity contribution in [2.45, 2.75) is 129 Å². The van der Waals surface area contributed by atoms with Crippen molar-refractivity contribution >= 4 is 29.6 Å². The predicted octanol–water partition coefficient (Wildman–Crippen LogP) is 3.32. The Bertz CT molecular complexity index is 1360. The van der Waals surface area contributed by atoms with Gasteiger partial charge in [0.25, 0.3) is 0 Å². The Morgan fingerprint density at radius 1 is 0.981 bits per heavy atom. The molecule has 0 aromatic heterocycles. The number of esters is 1. The quantitative estimate of drug-likeness (QED) is 0.170. The molecule has 13 nitrogen and oxygen atoms in total. The zero-order valence-electron chi connectivity index (χ0n) is 34.1. The van der Waals surface area contributed by atoms with Crippen molar-refractivity contribution in [1.29, 1.82) is 0 Å². The number of carbonyl (C=O) groups is 5. The zero-order chi connectivity index (χ0) is 40.2. The Labute approximate surface area is 317 Å². The molecule has 1 aliphatic rings. The van der Waals surface area contributed by atoms with Crippen molar-refractivity contribution < 1.29 is 38.2 Å². The van der Waals surface area contributed by atoms with Gasteiger partial charge in [0.1, 0.15) is 12.1 Å². The van der Waals surface area contributed by atoms with E-state index in [0.29, 0.717) is 19.4 Å². The van der Waals surface area contributed by atoms with Crippen LogP contribution in [0.1, 0.15) is 86.6 Å². The number of carbonyl (C=O) groups excluding carboxylic acids is 5. The molecule has 4 amide bonds. The van der Waals surface area contributed by atoms with Crippen LogP contribution in [0.25, 0.3) is 0 Å². The largest absolute Gasteiger partial charge is 0.467 e. The van der Waals surface area contributed by atoms with Crippen molar-refractivity contribution in [3.8, 4) is 0 Å². The molecular formula is C40H67N5O8. The van der Waals surface area contributed by atoms with E-state index >= 15 is 0 Å². The van der Waals surface area contributed by atoms with Crippen LogP contribution in [0.4, 0.5) is 0 Å². The maximum absolute atomic E-state index is 14.2. The molecule has 1 aromatic rings. The maximum Gasteiger partial charge on any atom is 0.328 e. The first-order chi connectivity index (χ1) is 24.9. The lowest BCUT2D eigenvalue weighted by atomic mass is 9.87. The molecule has 1 saturated heterocycles. The van der Waals surface area contributed by atoms with E-state index in [9.17, 15) is 24.0 Å². The minimum absolute atomic E-state index is 0.00888. The third kappa shape index (κ3) is 11.7. The highest BCUT2D eigenvalue weighted by Gasteiger charge is 2.44. The highest BCUT2D eigenvalue weighted by molar-refractivity contribution is 5.92. The van der Waals surface area contributed by atoms with E-state index in [0.717, 1.165) is 12.0 Å². The number of hydrogen-bond donors (Lipinski definition) is 3. The molecule has 1 aromatic carbocycles. The fourth-order valence-electron chi connectivity index (χ4n) is 7.09. The number of likely N-dealkylation sites (N-methyl/N-ethyl adjacent to an activating group) is 1. The second-order valence-electron chi connectivity index (χ2n) is 15.5. The summed E-state index contributed by atoms with van der Waals surface area (Å²) in [6.07, 6.45) is 1.01. The Kier molecular flexibility index (Phi) is 17.9. The highest BCUT2D eigenvalue weighted by Crippen LogP contribution is 2.30. The van der Waals surface area contributed by atoms with E-state index in [1.54, 1.807) is 30.7 Å². The first-order valence-electron chi connectivity index (χ1n) is 19.0. The van der Waals surface area contributed by atoms with Gasteiger partial charge in [-0.25, -0.2) is 4.79 Å². The number of hydrogen-bond acceptors (Lipinski definition) is 9. The van der Waals surface area contributed by atoms with E-state index in [2.05, 4.69) is 10.6 Å². The van der Waals surface area contributed by atoms with Crippen molar-refractivity contribution in [3.63, 3.8) is 0 Å². The van der Waals surface area contributed by atoms with Crippen LogP contribution in [0.5, 0.6) is 0 Å². The average Bonchev–Trinajstić information content (AvgIpc) is 3.62. The third-order valence-electron chi connectivity index (χ3n) is 11.3. The summed E-state index contributed by atoms with van der Waals surface area (Å²) in [5.41, 5.74) is 6.04. The molecule has 1 fully saturated rings. The number of amides is 4. The Morgan fingerprint density at radius 2 is 1.60 bits per heavy atom. The van der Waals surface area contributed by atoms with Gasteiger partial charge in [-0.3, -0.25) is 19.2 Å². The molecule has 0 bridgehead atoms. The lowest BCUT2D eigenvalue weighted by molar-refractivity contribution is -0.149. The summed E-state index contributed by atoms with van der Waals surface area (Å²) >= 11 is 0. The molecule has 300 valence electrons. The van der Waals surface area contributed by atoms with Gasteiger partial charge in [0.15, 0.2) is 0 Å². The standard InChI is InChI=1S/C40H67N5O8/c1-13-26(6)34(44(9)37(48)33(24(2)3)43-39(50)40(8,41)25(4)5)31(51-10)23-32(46)45-21-17-20-30(45)35(52-11)27(7)36(47)42-29(38(49)53-12)22-28-18-15-14-16-19-28/h14-16,18-19,24-27,29-31,33-35H,13,17,20-23,41H2,1-12H3,(H,42,47)(H,43,50). The summed E-state index contributed by atoms with van der Waals surface area (Å²) in [4.78, 5) is 71.2. The molecule has 53 heavy (non-hydrogen) atoms. The van der Waals surface area contributed by atoms with Gasteiger partial charge in [0.05, 0.1) is 49.3 Å². The van der Waals surface area contributed by atoms with Gasteiger partial charge >= 0.3 is 5.97 Å². The van der Waals surface area contributed by atoms with Gasteiger partial charge in [-0.2, -0.15) is 0 Å². The summed E-state index contributed by atoms with van der Waals surface area (Å²) in [7, 11) is 6.04. The molecule has 1 heterocycles. The van der Waals surface area contributed by atoms with E-state index in [1.807, 2.05) is 71.9 Å². The summed E-state index contributed by atoms with van der Waals surface area (Å²) in [6.45, 7) is 15.4. The van der Waals surface area contributed by atoms with Crippen LogP contribution < -0.4 is 16.4 Å². The zero-order valence-corrected chi connectivity index (χ0v) is 34.1. The van der Waals surface area contributed by atoms with Crippen LogP contribution in [0, 0.1) is 23.7 Å². The first kappa shape index (κ1) is 45.6. The topological polar surface area (TPSA) is 170 Å². The molecule has 0 saturated carbocycles. The van der Waals surface area contributed by atoms with E-state index < -0.39 is 59.7 Å². The number of methoxy groups -OCH3 is 3. The number of ether oxygens (including phenoxy) is 3. The normalized spacial score (nSPS) is 19.7. The van der Waals surface area contributed by atoms with Crippen molar-refractivity contribution in [2.75, 3.05) is 34.9 Å². The Balaban J connectivity index is 2.28. The average molecular weight is 746 g/mol. The minimum Gasteiger partial charge on any atom is -0.467 e.